The minimum absolute atomic E-state index is 0.147. The molecule has 5 nitrogen and oxygen atoms in total. The van der Waals surface area contributed by atoms with Crippen molar-refractivity contribution in [2.45, 2.75) is 26.4 Å². The number of carbonyl (C=O) groups excluding carboxylic acids is 1. The minimum Gasteiger partial charge on any atom is -0.391 e. The third kappa shape index (κ3) is 5.10. The topological polar surface area (TPSA) is 75.1 Å². The Labute approximate surface area is 105 Å². The minimum atomic E-state index is -0.550. The second-order valence-corrected chi connectivity index (χ2v) is 4.61. The van der Waals surface area contributed by atoms with Gasteiger partial charge in [-0.1, -0.05) is 25.4 Å². The van der Waals surface area contributed by atoms with E-state index in [1.807, 2.05) is 13.8 Å². The first-order chi connectivity index (χ1) is 7.99. The van der Waals surface area contributed by atoms with Gasteiger partial charge in [-0.15, -0.1) is 0 Å². The SMILES string of the molecule is CC(C)CC(O)CNC(=O)c1cncc(Cl)n1. The lowest BCUT2D eigenvalue weighted by atomic mass is 10.1. The number of hydrogen-bond acceptors (Lipinski definition) is 4. The van der Waals surface area contributed by atoms with Gasteiger partial charge >= 0.3 is 0 Å². The quantitative estimate of drug-likeness (QED) is 0.833. The first-order valence-corrected chi connectivity index (χ1v) is 5.80. The lowest BCUT2D eigenvalue weighted by Crippen LogP contribution is -2.33. The molecule has 1 aromatic heterocycles. The molecule has 2 N–H and O–H groups in total. The molecule has 0 aliphatic rings. The van der Waals surface area contributed by atoms with Crippen molar-refractivity contribution in [1.29, 1.82) is 0 Å². The van der Waals surface area contributed by atoms with E-state index in [0.29, 0.717) is 12.3 Å². The van der Waals surface area contributed by atoms with E-state index >= 15 is 0 Å². The molecule has 0 radical (unpaired) electrons. The van der Waals surface area contributed by atoms with E-state index in [9.17, 15) is 9.90 Å². The average molecular weight is 258 g/mol. The number of halogens is 1. The zero-order chi connectivity index (χ0) is 12.8. The Morgan fingerprint density at radius 2 is 2.24 bits per heavy atom. The summed E-state index contributed by atoms with van der Waals surface area (Å²) in [4.78, 5) is 19.2. The van der Waals surface area contributed by atoms with Crippen LogP contribution < -0.4 is 5.32 Å². The number of carbonyl (C=O) groups is 1. The molecule has 1 atom stereocenters. The average Bonchev–Trinajstić information content (AvgIpc) is 2.25. The van der Waals surface area contributed by atoms with Crippen LogP contribution >= 0.6 is 11.6 Å². The van der Waals surface area contributed by atoms with Crippen LogP contribution in [0.5, 0.6) is 0 Å². The fourth-order valence-electron chi connectivity index (χ4n) is 1.38. The van der Waals surface area contributed by atoms with Crippen molar-refractivity contribution in [2.75, 3.05) is 6.54 Å². The van der Waals surface area contributed by atoms with Gasteiger partial charge in [0.05, 0.1) is 18.5 Å². The third-order valence-corrected chi connectivity index (χ3v) is 2.26. The van der Waals surface area contributed by atoms with Gasteiger partial charge in [-0.3, -0.25) is 9.78 Å². The molecular formula is C11H16ClN3O2. The van der Waals surface area contributed by atoms with E-state index in [4.69, 9.17) is 11.6 Å². The first kappa shape index (κ1) is 13.9. The van der Waals surface area contributed by atoms with Crippen molar-refractivity contribution in [3.8, 4) is 0 Å². The Balaban J connectivity index is 2.45. The zero-order valence-corrected chi connectivity index (χ0v) is 10.6. The maximum atomic E-state index is 11.6. The largest absolute Gasteiger partial charge is 0.391 e. The number of amides is 1. The Bertz CT molecular complexity index is 385. The van der Waals surface area contributed by atoms with Gasteiger partial charge < -0.3 is 10.4 Å². The zero-order valence-electron chi connectivity index (χ0n) is 9.85. The molecule has 6 heteroatoms. The molecule has 1 amide bonds. The number of aliphatic hydroxyl groups excluding tert-OH is 1. The first-order valence-electron chi connectivity index (χ1n) is 5.43. The van der Waals surface area contributed by atoms with Crippen molar-refractivity contribution >= 4 is 17.5 Å². The monoisotopic (exact) mass is 257 g/mol. The van der Waals surface area contributed by atoms with Gasteiger partial charge in [0.2, 0.25) is 0 Å². The normalized spacial score (nSPS) is 12.5. The van der Waals surface area contributed by atoms with E-state index in [1.54, 1.807) is 0 Å². The van der Waals surface area contributed by atoms with E-state index in [1.165, 1.54) is 12.4 Å². The lowest BCUT2D eigenvalue weighted by Gasteiger charge is -2.13. The van der Waals surface area contributed by atoms with Crippen LogP contribution in [0.15, 0.2) is 12.4 Å². The van der Waals surface area contributed by atoms with Crippen molar-refractivity contribution in [3.05, 3.63) is 23.2 Å². The van der Waals surface area contributed by atoms with Crippen molar-refractivity contribution in [2.24, 2.45) is 5.92 Å². The van der Waals surface area contributed by atoms with Crippen LogP contribution in [0, 0.1) is 5.92 Å². The summed E-state index contributed by atoms with van der Waals surface area (Å²) in [5, 5.41) is 12.3. The summed E-state index contributed by atoms with van der Waals surface area (Å²) in [6.07, 6.45) is 2.77. The highest BCUT2D eigenvalue weighted by Crippen LogP contribution is 2.04. The molecule has 0 saturated heterocycles. The van der Waals surface area contributed by atoms with E-state index in [0.717, 1.165) is 0 Å². The molecule has 1 rings (SSSR count). The fraction of sp³-hybridized carbons (Fsp3) is 0.545. The van der Waals surface area contributed by atoms with Crippen LogP contribution in [0.2, 0.25) is 5.15 Å². The molecule has 0 fully saturated rings. The van der Waals surface area contributed by atoms with Crippen LogP contribution in [0.25, 0.3) is 0 Å². The predicted octanol–water partition coefficient (Wildman–Crippen LogP) is 1.27. The summed E-state index contributed by atoms with van der Waals surface area (Å²) in [5.41, 5.74) is 0.147. The molecule has 1 unspecified atom stereocenters. The Morgan fingerprint density at radius 3 is 2.82 bits per heavy atom. The summed E-state index contributed by atoms with van der Waals surface area (Å²) < 4.78 is 0. The predicted molar refractivity (Wildman–Crippen MR) is 64.8 cm³/mol. The van der Waals surface area contributed by atoms with E-state index in [2.05, 4.69) is 15.3 Å². The molecule has 0 aliphatic heterocycles. The number of aromatic nitrogens is 2. The Hall–Kier alpha value is -1.20. The van der Waals surface area contributed by atoms with Crippen LogP contribution in [0.3, 0.4) is 0 Å². The number of aliphatic hydroxyl groups is 1. The summed E-state index contributed by atoms with van der Waals surface area (Å²) >= 11 is 5.62. The smallest absolute Gasteiger partial charge is 0.271 e. The second-order valence-electron chi connectivity index (χ2n) is 4.22. The highest BCUT2D eigenvalue weighted by molar-refractivity contribution is 6.29. The number of nitrogens with one attached hydrogen (secondary N) is 1. The van der Waals surface area contributed by atoms with Gasteiger partial charge in [0, 0.05) is 6.54 Å². The van der Waals surface area contributed by atoms with Gasteiger partial charge in [-0.2, -0.15) is 0 Å². The molecule has 1 heterocycles. The van der Waals surface area contributed by atoms with Crippen LogP contribution in [0.4, 0.5) is 0 Å². The van der Waals surface area contributed by atoms with Crippen molar-refractivity contribution in [1.82, 2.24) is 15.3 Å². The van der Waals surface area contributed by atoms with E-state index in [-0.39, 0.29) is 23.3 Å². The third-order valence-electron chi connectivity index (χ3n) is 2.08. The second kappa shape index (κ2) is 6.51. The van der Waals surface area contributed by atoms with Crippen molar-refractivity contribution in [3.63, 3.8) is 0 Å². The van der Waals surface area contributed by atoms with Crippen LogP contribution in [-0.2, 0) is 0 Å². The Morgan fingerprint density at radius 1 is 1.53 bits per heavy atom. The van der Waals surface area contributed by atoms with Gasteiger partial charge in [0.25, 0.3) is 5.91 Å². The number of hydrogen-bond donors (Lipinski definition) is 2. The molecule has 0 aromatic carbocycles. The van der Waals surface area contributed by atoms with Crippen molar-refractivity contribution < 1.29 is 9.90 Å². The van der Waals surface area contributed by atoms with Gasteiger partial charge in [0.1, 0.15) is 10.8 Å². The number of rotatable bonds is 5. The van der Waals surface area contributed by atoms with Crippen LogP contribution in [-0.4, -0.2) is 33.6 Å². The molecule has 17 heavy (non-hydrogen) atoms. The summed E-state index contributed by atoms with van der Waals surface area (Å²) in [6.45, 7) is 4.21. The summed E-state index contributed by atoms with van der Waals surface area (Å²) in [6, 6.07) is 0. The molecule has 1 aromatic rings. The molecule has 0 saturated carbocycles. The van der Waals surface area contributed by atoms with Crippen LogP contribution in [0.1, 0.15) is 30.8 Å². The van der Waals surface area contributed by atoms with E-state index < -0.39 is 6.10 Å². The highest BCUT2D eigenvalue weighted by atomic mass is 35.5. The molecule has 0 aliphatic carbocycles. The molecular weight excluding hydrogens is 242 g/mol. The fourth-order valence-corrected chi connectivity index (χ4v) is 1.53. The summed E-state index contributed by atoms with van der Waals surface area (Å²) in [7, 11) is 0. The van der Waals surface area contributed by atoms with Gasteiger partial charge in [0.15, 0.2) is 0 Å². The maximum absolute atomic E-state index is 11.6. The Kier molecular flexibility index (Phi) is 5.31. The highest BCUT2D eigenvalue weighted by Gasteiger charge is 2.11. The molecule has 0 bridgehead atoms. The summed E-state index contributed by atoms with van der Waals surface area (Å²) in [5.74, 6) is -0.00401. The van der Waals surface area contributed by atoms with Gasteiger partial charge in [-0.25, -0.2) is 4.98 Å². The maximum Gasteiger partial charge on any atom is 0.271 e. The number of nitrogens with zero attached hydrogens (tertiary/aromatic N) is 2. The molecule has 94 valence electrons. The standard InChI is InChI=1S/C11H16ClN3O2/c1-7(2)3-8(16)4-14-11(17)9-5-13-6-10(12)15-9/h5-8,16H,3-4H2,1-2H3,(H,14,17). The lowest BCUT2D eigenvalue weighted by molar-refractivity contribution is 0.0895. The molecule has 0 spiro atoms. The van der Waals surface area contributed by atoms with Gasteiger partial charge in [-0.05, 0) is 12.3 Å².